The third-order valence-corrected chi connectivity index (χ3v) is 25.3. The molecule has 128 heavy (non-hydrogen) atoms. The van der Waals surface area contributed by atoms with E-state index in [1.54, 1.807) is 41.3 Å². The fourth-order valence-electron chi connectivity index (χ4n) is 14.6. The Labute approximate surface area is 775 Å². The van der Waals surface area contributed by atoms with Gasteiger partial charge in [-0.15, -0.1) is 35.6 Å². The van der Waals surface area contributed by atoms with Crippen LogP contribution in [0, 0.1) is 72.2 Å². The van der Waals surface area contributed by atoms with Crippen molar-refractivity contribution in [3.05, 3.63) is 157 Å². The van der Waals surface area contributed by atoms with Crippen LogP contribution in [-0.4, -0.2) is 257 Å². The summed E-state index contributed by atoms with van der Waals surface area (Å²) in [6.45, 7) is 23.9. The quantitative estimate of drug-likeness (QED) is 0.0431. The van der Waals surface area contributed by atoms with Gasteiger partial charge in [-0.05, 0) is 124 Å². The second-order valence-electron chi connectivity index (χ2n) is 29.7. The molecular formula is C87H105Cl4F3N26O5S3. The number of carbonyl (C=O) groups is 3. The molecule has 2 amide bonds. The van der Waals surface area contributed by atoms with Crippen molar-refractivity contribution in [2.24, 2.45) is 0 Å². The van der Waals surface area contributed by atoms with Crippen LogP contribution < -0.4 is 40.0 Å². The molecule has 0 saturated carbocycles. The van der Waals surface area contributed by atoms with Gasteiger partial charge in [-0.2, -0.15) is 31.1 Å². The van der Waals surface area contributed by atoms with Crippen molar-refractivity contribution in [2.45, 2.75) is 95.3 Å². The number of nitrogens with zero attached hydrogens (tertiary/aromatic N) is 24. The number of fused-ring (bicyclic) bond motifs is 3. The van der Waals surface area contributed by atoms with Gasteiger partial charge in [0.25, 0.3) is 0 Å². The van der Waals surface area contributed by atoms with Crippen molar-refractivity contribution in [3.63, 3.8) is 0 Å². The van der Waals surface area contributed by atoms with Crippen molar-refractivity contribution in [1.82, 2.24) is 84.1 Å². The minimum absolute atomic E-state index is 0. The van der Waals surface area contributed by atoms with E-state index in [9.17, 15) is 48.4 Å². The monoisotopic (exact) mass is 1890 g/mol. The number of alkyl halides is 2. The summed E-state index contributed by atoms with van der Waals surface area (Å²) in [6, 6.07) is 30.8. The minimum Gasteiger partial charge on any atom is -0.390 e. The van der Waals surface area contributed by atoms with Crippen molar-refractivity contribution in [3.8, 4) is 52.0 Å². The van der Waals surface area contributed by atoms with Crippen LogP contribution in [0.4, 0.5) is 63.1 Å². The molecule has 0 bridgehead atoms. The first-order valence-electron chi connectivity index (χ1n) is 40.3. The summed E-state index contributed by atoms with van der Waals surface area (Å²) in [5.74, 6) is 1.48. The lowest BCUT2D eigenvalue weighted by molar-refractivity contribution is -0.135. The summed E-state index contributed by atoms with van der Waals surface area (Å²) in [5.41, 5.74) is 13.8. The number of piperazine rings is 3. The molecule has 0 spiro atoms. The highest BCUT2D eigenvalue weighted by Gasteiger charge is 2.33. The van der Waals surface area contributed by atoms with Gasteiger partial charge in [-0.25, -0.2) is 56.6 Å². The number of amides is 2. The molecule has 5 aliphatic heterocycles. The number of aromatic nitrogens is 12. The number of nitriles is 3. The van der Waals surface area contributed by atoms with Gasteiger partial charge in [0.1, 0.15) is 108 Å². The van der Waals surface area contributed by atoms with E-state index < -0.39 is 5.24 Å². The first-order valence-corrected chi connectivity index (χ1v) is 44.2. The average Bonchev–Trinajstić information content (AvgIpc) is 1.61. The van der Waals surface area contributed by atoms with Crippen LogP contribution in [0.25, 0.3) is 50.7 Å². The van der Waals surface area contributed by atoms with E-state index in [2.05, 4.69) is 56.5 Å². The maximum Gasteiger partial charge on any atom is 0.237 e. The number of nitrogens with one attached hydrogen (secondary N) is 2. The maximum absolute atomic E-state index is 13.5. The number of likely N-dealkylation sites (tertiary alicyclic amines) is 1. The summed E-state index contributed by atoms with van der Waals surface area (Å²) >= 11 is 19.1. The van der Waals surface area contributed by atoms with Crippen LogP contribution in [0.15, 0.2) is 91.0 Å². The predicted molar refractivity (Wildman–Crippen MR) is 506 cm³/mol. The number of aliphatic hydroxyl groups is 2. The van der Waals surface area contributed by atoms with E-state index in [1.807, 2.05) is 106 Å². The highest BCUT2D eigenvalue weighted by molar-refractivity contribution is 7.17. The van der Waals surface area contributed by atoms with Crippen LogP contribution in [0.5, 0.6) is 0 Å². The molecule has 9 aromatic heterocycles. The first-order chi connectivity index (χ1) is 59.7. The predicted octanol–water partition coefficient (Wildman–Crippen LogP) is 13.4. The Kier molecular flexibility index (Phi) is 35.7. The molecule has 12 aromatic rings. The smallest absolute Gasteiger partial charge is 0.237 e. The zero-order valence-electron chi connectivity index (χ0n) is 70.1. The van der Waals surface area contributed by atoms with Crippen molar-refractivity contribution in [1.29, 1.82) is 15.8 Å². The Morgan fingerprint density at radius 1 is 0.477 bits per heavy atom. The number of aliphatic hydroxyl groups excluding tert-OH is 2. The molecule has 3 aromatic carbocycles. The van der Waals surface area contributed by atoms with Crippen LogP contribution in [0.2, 0.25) is 0 Å². The third kappa shape index (κ3) is 22.6. The van der Waals surface area contributed by atoms with E-state index in [4.69, 9.17) is 85.1 Å². The number of β-amino-alcohol motifs (C(OH)–C–C–N with tert-alkyl or cyclic N) is 2. The van der Waals surface area contributed by atoms with Crippen molar-refractivity contribution >= 4 is 165 Å². The summed E-state index contributed by atoms with van der Waals surface area (Å²) < 4.78 is 46.0. The topological polar surface area (TPSA) is 346 Å². The molecule has 41 heteroatoms. The fraction of sp³-hybridized carbons (Fsp3) is 0.414. The molecule has 0 atom stereocenters. The normalized spacial score (nSPS) is 14.3. The SMILES string of the molecule is C.C.C.CCc1nn2c(C)cc(N3CCN(C(=O)CCl)CC3)nc2c1N(C)c1nc(-c2ccc(F)cc2)c(C#N)s1.CCc1nn2c(C)cc(N3CCN(C(=O)CN4CC(O)C4)CC3)nc2c1N(C)c1nc(-c2ccc(F)cc2)c(C#N)s1.CCc1nn2c(C)cc(N3CCNCC3)nc2c1N(C)c1nc(-c2ccc(F)cc2)c(C#N)s1.Cl.O=C(Cl)CCl.OC1CNC1. The molecule has 17 rings (SSSR count). The number of hydrogen-bond acceptors (Lipinski definition) is 29. The van der Waals surface area contributed by atoms with E-state index in [-0.39, 0.29) is 87.9 Å². The number of thiazole rings is 3. The molecule has 5 aliphatic rings. The molecule has 0 aliphatic carbocycles. The van der Waals surface area contributed by atoms with Gasteiger partial charge < -0.3 is 60.0 Å². The van der Waals surface area contributed by atoms with Gasteiger partial charge in [0.2, 0.25) is 17.1 Å². The van der Waals surface area contributed by atoms with Crippen molar-refractivity contribution in [2.75, 3.05) is 174 Å². The Hall–Kier alpha value is -11.0. The maximum atomic E-state index is 13.5. The fourth-order valence-corrected chi connectivity index (χ4v) is 17.4. The molecule has 0 unspecified atom stereocenters. The number of aryl methyl sites for hydroxylation is 6. The molecule has 4 N–H and O–H groups in total. The minimum atomic E-state index is -0.508. The van der Waals surface area contributed by atoms with Crippen LogP contribution in [0.1, 0.15) is 91.8 Å². The van der Waals surface area contributed by atoms with E-state index >= 15 is 0 Å². The summed E-state index contributed by atoms with van der Waals surface area (Å²) in [7, 11) is 5.72. The van der Waals surface area contributed by atoms with Gasteiger partial charge in [0, 0.05) is 178 Å². The largest absolute Gasteiger partial charge is 0.390 e. The second kappa shape index (κ2) is 45.3. The lowest BCUT2D eigenvalue weighted by atomic mass is 10.1. The highest BCUT2D eigenvalue weighted by atomic mass is 35.5. The Balaban J connectivity index is 0.000000203. The van der Waals surface area contributed by atoms with Gasteiger partial charge in [0.15, 0.2) is 32.3 Å². The Morgan fingerprint density at radius 3 is 1.03 bits per heavy atom. The van der Waals surface area contributed by atoms with Gasteiger partial charge in [-0.3, -0.25) is 19.3 Å². The van der Waals surface area contributed by atoms with Gasteiger partial charge in [-0.1, -0.05) is 77.1 Å². The summed E-state index contributed by atoms with van der Waals surface area (Å²) in [6.07, 6.45) is 1.72. The zero-order valence-corrected chi connectivity index (χ0v) is 75.7. The Morgan fingerprint density at radius 2 is 0.773 bits per heavy atom. The van der Waals surface area contributed by atoms with Crippen LogP contribution >= 0.6 is 81.2 Å². The van der Waals surface area contributed by atoms with E-state index in [1.165, 1.54) is 70.4 Å². The van der Waals surface area contributed by atoms with E-state index in [0.29, 0.717) is 160 Å². The number of anilines is 9. The van der Waals surface area contributed by atoms with Gasteiger partial charge in [0.05, 0.1) is 41.7 Å². The number of hydrogen-bond donors (Lipinski definition) is 4. The lowest BCUT2D eigenvalue weighted by Crippen LogP contribution is -2.56. The molecule has 5 saturated heterocycles. The third-order valence-electron chi connectivity index (χ3n) is 21.4. The van der Waals surface area contributed by atoms with E-state index in [0.717, 1.165) is 120 Å². The number of carbonyl (C=O) groups excluding carboxylic acids is 3. The number of halogens is 7. The lowest BCUT2D eigenvalue weighted by Gasteiger charge is -2.39. The standard InChI is InChI=1S/C29H32FN9O2S.C26H26ClFN8OS.C24H25FN8S.C3H7NO.C2H2Cl2O.3CH4.ClH/c1-4-22-27(35(3)29-33-26(23(14-31)42-29)19-5-7-20(30)8-6-19)28-32-24(13-18(2)39(28)34-22)37-9-11-38(12-10-37)25(41)17-36-15-21(40)16-36;1-4-19-24(33(3)26-31-23(20(15-29)38-26)17-5-7-18(28)8-6-17)25-30-21(13-16(2)36(25)32-19)34-9-11-35(12-10-34)22(37)14-27;1-4-18-22(23-28-20(13-15(2)33(23)30-18)32-11-9-27-10-12-32)31(3)24-29-21(19(14-26)34-24)16-5-7-17(25)8-6-16;5-3-1-4-2-3;3-1-2(4)5;;;;/h5-8,13,21,40H,4,9-12,15-17H2,1-3H3;5-8,13H,4,9-12,14H2,1-3H3;5-8,13,27H,4,9-12H2,1-3H3;3-5H,1-2H2;1H2;3*1H4;1H. The summed E-state index contributed by atoms with van der Waals surface area (Å²) in [4.78, 5) is 83.0. The zero-order chi connectivity index (χ0) is 88.3. The first kappa shape index (κ1) is 101. The highest BCUT2D eigenvalue weighted by Crippen LogP contribution is 2.43. The molecule has 14 heterocycles. The molecule has 5 fully saturated rings. The average molecular weight is 1890 g/mol. The molecule has 31 nitrogen and oxygen atoms in total. The summed E-state index contributed by atoms with van der Waals surface area (Å²) in [5, 5.41) is 69.4. The van der Waals surface area contributed by atoms with Crippen molar-refractivity contribution < 1.29 is 37.8 Å². The molecular weight excluding hydrogens is 1780 g/mol. The van der Waals surface area contributed by atoms with Crippen LogP contribution in [0.3, 0.4) is 0 Å². The number of rotatable bonds is 19. The van der Waals surface area contributed by atoms with Crippen LogP contribution in [-0.2, 0) is 33.6 Å². The molecule has 680 valence electrons. The molecule has 0 radical (unpaired) electrons. The Bertz CT molecular complexity index is 5960. The number of benzene rings is 3. The second-order valence-corrected chi connectivity index (χ2v) is 33.6. The van der Waals surface area contributed by atoms with Gasteiger partial charge >= 0.3 is 0 Å².